The molecule has 0 aliphatic carbocycles. The van der Waals surface area contributed by atoms with E-state index >= 15 is 0 Å². The fourth-order valence-corrected chi connectivity index (χ4v) is 3.33. The van der Waals surface area contributed by atoms with E-state index in [1.54, 1.807) is 23.2 Å². The van der Waals surface area contributed by atoms with E-state index in [0.717, 1.165) is 22.4 Å². The molecule has 0 fully saturated rings. The molecular formula is C15H14N4OS. The van der Waals surface area contributed by atoms with E-state index in [0.29, 0.717) is 25.1 Å². The first-order valence-electron chi connectivity index (χ1n) is 6.61. The van der Waals surface area contributed by atoms with Gasteiger partial charge in [-0.25, -0.2) is 4.98 Å². The molecule has 0 saturated heterocycles. The lowest BCUT2D eigenvalue weighted by Crippen LogP contribution is -2.35. The normalized spacial score (nSPS) is 13.6. The molecule has 1 aliphatic heterocycles. The molecule has 106 valence electrons. The van der Waals surface area contributed by atoms with Crippen molar-refractivity contribution in [1.29, 1.82) is 5.26 Å². The highest BCUT2D eigenvalue weighted by atomic mass is 32.1. The number of carbonyl (C=O) groups excluding carboxylic acids is 1. The summed E-state index contributed by atoms with van der Waals surface area (Å²) in [6, 6.07) is 4.13. The minimum Gasteiger partial charge on any atom is -0.383 e. The number of hydrogen-bond donors (Lipinski definition) is 1. The molecule has 0 saturated carbocycles. The molecule has 0 spiro atoms. The Kier molecular flexibility index (Phi) is 3.35. The van der Waals surface area contributed by atoms with Crippen LogP contribution in [0.2, 0.25) is 0 Å². The van der Waals surface area contributed by atoms with Crippen LogP contribution >= 0.6 is 11.3 Å². The zero-order chi connectivity index (χ0) is 15.0. The summed E-state index contributed by atoms with van der Waals surface area (Å²) >= 11 is 1.57. The summed E-state index contributed by atoms with van der Waals surface area (Å²) in [5.41, 5.74) is 9.98. The molecule has 3 rings (SSSR count). The number of fused-ring (bicyclic) bond motifs is 1. The summed E-state index contributed by atoms with van der Waals surface area (Å²) in [5, 5.41) is 13.4. The monoisotopic (exact) mass is 298 g/mol. The van der Waals surface area contributed by atoms with Crippen LogP contribution in [0.3, 0.4) is 0 Å². The van der Waals surface area contributed by atoms with Gasteiger partial charge in [0.2, 0.25) is 5.91 Å². The highest BCUT2D eigenvalue weighted by molar-refractivity contribution is 7.08. The van der Waals surface area contributed by atoms with E-state index < -0.39 is 0 Å². The quantitative estimate of drug-likeness (QED) is 0.874. The molecule has 0 unspecified atom stereocenters. The van der Waals surface area contributed by atoms with Gasteiger partial charge < -0.3 is 10.6 Å². The summed E-state index contributed by atoms with van der Waals surface area (Å²) in [5.74, 6) is 0.306. The Morgan fingerprint density at radius 1 is 1.57 bits per heavy atom. The summed E-state index contributed by atoms with van der Waals surface area (Å²) in [4.78, 5) is 17.8. The summed E-state index contributed by atoms with van der Waals surface area (Å²) < 4.78 is 0. The van der Waals surface area contributed by atoms with Crippen molar-refractivity contribution in [1.82, 2.24) is 9.88 Å². The van der Waals surface area contributed by atoms with Crippen LogP contribution in [0.4, 0.5) is 5.82 Å². The average molecular weight is 298 g/mol. The SMILES string of the molecule is CC(=O)N1CCc2nc(N)c(C#N)c(-c3ccsc3)c2C1. The topological polar surface area (TPSA) is 83.0 Å². The molecule has 0 atom stereocenters. The third-order valence-electron chi connectivity index (χ3n) is 3.75. The molecule has 5 nitrogen and oxygen atoms in total. The summed E-state index contributed by atoms with van der Waals surface area (Å²) in [6.07, 6.45) is 0.669. The first-order chi connectivity index (χ1) is 10.1. The lowest BCUT2D eigenvalue weighted by Gasteiger charge is -2.29. The number of thiophene rings is 1. The van der Waals surface area contributed by atoms with Crippen LogP contribution in [-0.2, 0) is 17.8 Å². The lowest BCUT2D eigenvalue weighted by atomic mass is 9.92. The lowest BCUT2D eigenvalue weighted by molar-refractivity contribution is -0.129. The van der Waals surface area contributed by atoms with Gasteiger partial charge in [0.15, 0.2) is 0 Å². The first kappa shape index (κ1) is 13.6. The Morgan fingerprint density at radius 2 is 2.38 bits per heavy atom. The number of nitrogen functional groups attached to an aromatic ring is 1. The van der Waals surface area contributed by atoms with Gasteiger partial charge in [0.25, 0.3) is 0 Å². The smallest absolute Gasteiger partial charge is 0.219 e. The van der Waals surface area contributed by atoms with Crippen LogP contribution in [0.1, 0.15) is 23.7 Å². The van der Waals surface area contributed by atoms with Crippen molar-refractivity contribution in [3.63, 3.8) is 0 Å². The zero-order valence-electron chi connectivity index (χ0n) is 11.6. The number of nitriles is 1. The van der Waals surface area contributed by atoms with Gasteiger partial charge in [-0.3, -0.25) is 4.79 Å². The number of anilines is 1. The van der Waals surface area contributed by atoms with Gasteiger partial charge in [-0.1, -0.05) is 0 Å². The molecule has 2 aromatic rings. The van der Waals surface area contributed by atoms with Gasteiger partial charge in [-0.2, -0.15) is 16.6 Å². The molecule has 0 radical (unpaired) electrons. The van der Waals surface area contributed by atoms with Crippen molar-refractivity contribution in [2.24, 2.45) is 0 Å². The van der Waals surface area contributed by atoms with Crippen LogP contribution in [-0.4, -0.2) is 22.3 Å². The van der Waals surface area contributed by atoms with E-state index in [2.05, 4.69) is 11.1 Å². The minimum atomic E-state index is 0.0345. The fourth-order valence-electron chi connectivity index (χ4n) is 2.69. The molecule has 2 aromatic heterocycles. The molecule has 1 aliphatic rings. The van der Waals surface area contributed by atoms with Crippen molar-refractivity contribution in [3.8, 4) is 17.2 Å². The molecule has 1 amide bonds. The number of rotatable bonds is 1. The standard InChI is InChI=1S/C15H14N4OS/c1-9(20)19-4-2-13-12(7-19)14(10-3-5-21-8-10)11(6-16)15(17)18-13/h3,5,8H,2,4,7H2,1H3,(H2,17,18). The third-order valence-corrected chi connectivity index (χ3v) is 4.43. The third kappa shape index (κ3) is 2.26. The molecule has 0 aromatic carbocycles. The number of aromatic nitrogens is 1. The maximum atomic E-state index is 11.6. The maximum absolute atomic E-state index is 11.6. The minimum absolute atomic E-state index is 0.0345. The van der Waals surface area contributed by atoms with Crippen LogP contribution in [0.15, 0.2) is 16.8 Å². The number of amides is 1. The number of hydrogen-bond acceptors (Lipinski definition) is 5. The second-order valence-corrected chi connectivity index (χ2v) is 5.77. The molecular weight excluding hydrogens is 284 g/mol. The van der Waals surface area contributed by atoms with Crippen LogP contribution in [0.5, 0.6) is 0 Å². The van der Waals surface area contributed by atoms with Crippen LogP contribution in [0.25, 0.3) is 11.1 Å². The molecule has 6 heteroatoms. The molecule has 0 bridgehead atoms. The zero-order valence-corrected chi connectivity index (χ0v) is 12.4. The van der Waals surface area contributed by atoms with Gasteiger partial charge in [0.1, 0.15) is 17.5 Å². The van der Waals surface area contributed by atoms with E-state index in [-0.39, 0.29) is 11.7 Å². The number of nitrogens with two attached hydrogens (primary N) is 1. The van der Waals surface area contributed by atoms with Gasteiger partial charge in [0, 0.05) is 37.6 Å². The Hall–Kier alpha value is -2.39. The predicted octanol–water partition coefficient (Wildman–Crippen LogP) is 2.17. The number of carbonyl (C=O) groups is 1. The van der Waals surface area contributed by atoms with E-state index in [1.807, 2.05) is 16.8 Å². The largest absolute Gasteiger partial charge is 0.383 e. The molecule has 21 heavy (non-hydrogen) atoms. The van der Waals surface area contributed by atoms with Crippen molar-refractivity contribution in [2.45, 2.75) is 19.9 Å². The van der Waals surface area contributed by atoms with Gasteiger partial charge in [0.05, 0.1) is 5.69 Å². The van der Waals surface area contributed by atoms with Crippen LogP contribution < -0.4 is 5.73 Å². The molecule has 2 N–H and O–H groups in total. The Morgan fingerprint density at radius 3 is 3.00 bits per heavy atom. The van der Waals surface area contributed by atoms with Gasteiger partial charge >= 0.3 is 0 Å². The van der Waals surface area contributed by atoms with Crippen molar-refractivity contribution < 1.29 is 4.79 Å². The summed E-state index contributed by atoms with van der Waals surface area (Å²) in [6.45, 7) is 2.69. The second kappa shape index (κ2) is 5.19. The summed E-state index contributed by atoms with van der Waals surface area (Å²) in [7, 11) is 0. The van der Waals surface area contributed by atoms with E-state index in [9.17, 15) is 10.1 Å². The van der Waals surface area contributed by atoms with E-state index in [1.165, 1.54) is 0 Å². The highest BCUT2D eigenvalue weighted by Crippen LogP contribution is 2.35. The average Bonchev–Trinajstić information content (AvgIpc) is 2.99. The Labute approximate surface area is 126 Å². The predicted molar refractivity (Wildman–Crippen MR) is 81.5 cm³/mol. The number of pyridine rings is 1. The maximum Gasteiger partial charge on any atom is 0.219 e. The van der Waals surface area contributed by atoms with Gasteiger partial charge in [-0.15, -0.1) is 0 Å². The second-order valence-electron chi connectivity index (χ2n) is 4.99. The number of nitrogens with zero attached hydrogens (tertiary/aromatic N) is 3. The Bertz CT molecular complexity index is 746. The van der Waals surface area contributed by atoms with Crippen molar-refractivity contribution >= 4 is 23.1 Å². The van der Waals surface area contributed by atoms with Crippen LogP contribution in [0, 0.1) is 11.3 Å². The molecule has 3 heterocycles. The van der Waals surface area contributed by atoms with Crippen molar-refractivity contribution in [2.75, 3.05) is 12.3 Å². The fraction of sp³-hybridized carbons (Fsp3) is 0.267. The Balaban J connectivity index is 2.24. The highest BCUT2D eigenvalue weighted by Gasteiger charge is 2.26. The first-order valence-corrected chi connectivity index (χ1v) is 7.55. The van der Waals surface area contributed by atoms with E-state index in [4.69, 9.17) is 5.73 Å². The van der Waals surface area contributed by atoms with Crippen molar-refractivity contribution in [3.05, 3.63) is 33.6 Å². The van der Waals surface area contributed by atoms with Gasteiger partial charge in [-0.05, 0) is 22.4 Å².